The molecule has 0 radical (unpaired) electrons. The van der Waals surface area contributed by atoms with Crippen molar-refractivity contribution < 1.29 is 27.4 Å². The van der Waals surface area contributed by atoms with Crippen LogP contribution in [0.3, 0.4) is 0 Å². The zero-order valence-corrected chi connectivity index (χ0v) is 17.6. The Morgan fingerprint density at radius 2 is 2.03 bits per heavy atom. The van der Waals surface area contributed by atoms with Crippen molar-refractivity contribution in [1.29, 1.82) is 0 Å². The number of halogens is 3. The number of aromatic nitrogens is 4. The molecule has 0 saturated carbocycles. The molecule has 0 aromatic carbocycles. The lowest BCUT2D eigenvalue weighted by molar-refractivity contribution is -0.153. The summed E-state index contributed by atoms with van der Waals surface area (Å²) < 4.78 is 49.4. The van der Waals surface area contributed by atoms with Gasteiger partial charge in [-0.3, -0.25) is 19.4 Å². The molecule has 1 aliphatic rings. The molecule has 0 atom stereocenters. The normalized spacial score (nSPS) is 13.4. The van der Waals surface area contributed by atoms with Crippen molar-refractivity contribution in [2.75, 3.05) is 18.6 Å². The Labute approximate surface area is 181 Å². The number of anilines is 1. The molecule has 0 aliphatic carbocycles. The molecule has 4 rings (SSSR count). The molecule has 0 bridgehead atoms. The lowest BCUT2D eigenvalue weighted by Gasteiger charge is -2.13. The van der Waals surface area contributed by atoms with Crippen LogP contribution in [0.2, 0.25) is 0 Å². The molecule has 32 heavy (non-hydrogen) atoms. The standard InChI is InChI=1S/C21H20F3N5O3/c1-4-28-6-5-17(27-28)29-10-15-18(20(29)30)12(2)7-14(26-15)13-8-16(19(31-3)25-9-13)32-11-21(22,23)24/h5-9H,4,10-11H2,1-3H3. The second-order valence-electron chi connectivity index (χ2n) is 7.20. The van der Waals surface area contributed by atoms with Crippen molar-refractivity contribution in [2.45, 2.75) is 33.1 Å². The van der Waals surface area contributed by atoms with E-state index in [2.05, 4.69) is 15.1 Å². The first-order valence-corrected chi connectivity index (χ1v) is 9.80. The van der Waals surface area contributed by atoms with E-state index in [4.69, 9.17) is 9.47 Å². The predicted octanol–water partition coefficient (Wildman–Crippen LogP) is 3.78. The number of hydrogen-bond acceptors (Lipinski definition) is 6. The molecule has 0 unspecified atom stereocenters. The van der Waals surface area contributed by atoms with Crippen molar-refractivity contribution in [3.05, 3.63) is 47.4 Å². The Morgan fingerprint density at radius 1 is 1.25 bits per heavy atom. The number of amides is 1. The summed E-state index contributed by atoms with van der Waals surface area (Å²) in [6.45, 7) is 3.18. The van der Waals surface area contributed by atoms with Crippen LogP contribution >= 0.6 is 0 Å². The predicted molar refractivity (Wildman–Crippen MR) is 109 cm³/mol. The van der Waals surface area contributed by atoms with Crippen LogP contribution in [0.15, 0.2) is 30.6 Å². The third-order valence-corrected chi connectivity index (χ3v) is 4.98. The fourth-order valence-electron chi connectivity index (χ4n) is 3.49. The molecule has 168 valence electrons. The highest BCUT2D eigenvalue weighted by Gasteiger charge is 2.33. The van der Waals surface area contributed by atoms with E-state index in [1.54, 1.807) is 34.8 Å². The number of hydrogen-bond donors (Lipinski definition) is 0. The summed E-state index contributed by atoms with van der Waals surface area (Å²) in [6.07, 6.45) is -1.27. The van der Waals surface area contributed by atoms with Crippen LogP contribution in [0.4, 0.5) is 19.0 Å². The van der Waals surface area contributed by atoms with Crippen LogP contribution in [0, 0.1) is 6.92 Å². The SMILES string of the molecule is CCn1ccc(N2Cc3nc(-c4cnc(OC)c(OCC(F)(F)F)c4)cc(C)c3C2=O)n1. The van der Waals surface area contributed by atoms with Gasteiger partial charge in [-0.05, 0) is 31.5 Å². The summed E-state index contributed by atoms with van der Waals surface area (Å²) in [5.74, 6) is 0.124. The van der Waals surface area contributed by atoms with Gasteiger partial charge in [-0.1, -0.05) is 0 Å². The molecule has 0 saturated heterocycles. The van der Waals surface area contributed by atoms with Gasteiger partial charge in [0.2, 0.25) is 0 Å². The fourth-order valence-corrected chi connectivity index (χ4v) is 3.49. The Bertz CT molecular complexity index is 1180. The number of carbonyl (C=O) groups is 1. The van der Waals surface area contributed by atoms with Crippen molar-refractivity contribution in [1.82, 2.24) is 19.7 Å². The molecule has 3 aromatic heterocycles. The smallest absolute Gasteiger partial charge is 0.422 e. The first-order chi connectivity index (χ1) is 15.2. The zero-order valence-electron chi connectivity index (χ0n) is 17.6. The summed E-state index contributed by atoms with van der Waals surface area (Å²) in [7, 11) is 1.29. The first-order valence-electron chi connectivity index (χ1n) is 9.80. The van der Waals surface area contributed by atoms with Crippen LogP contribution in [0.5, 0.6) is 11.6 Å². The van der Waals surface area contributed by atoms with Crippen molar-refractivity contribution >= 4 is 11.7 Å². The highest BCUT2D eigenvalue weighted by atomic mass is 19.4. The maximum absolute atomic E-state index is 13.0. The van der Waals surface area contributed by atoms with Gasteiger partial charge in [0.25, 0.3) is 11.8 Å². The number of alkyl halides is 3. The highest BCUT2D eigenvalue weighted by Crippen LogP contribution is 2.34. The number of carbonyl (C=O) groups excluding carboxylic acids is 1. The van der Waals surface area contributed by atoms with E-state index < -0.39 is 12.8 Å². The van der Waals surface area contributed by atoms with Crippen LogP contribution in [-0.4, -0.2) is 45.5 Å². The first kappa shape index (κ1) is 21.6. The van der Waals surface area contributed by atoms with Crippen molar-refractivity contribution in [3.63, 3.8) is 0 Å². The van der Waals surface area contributed by atoms with Crippen molar-refractivity contribution in [2.24, 2.45) is 0 Å². The van der Waals surface area contributed by atoms with Crippen LogP contribution < -0.4 is 14.4 Å². The van der Waals surface area contributed by atoms with Gasteiger partial charge in [0.15, 0.2) is 18.2 Å². The summed E-state index contributed by atoms with van der Waals surface area (Å²) in [5.41, 5.74) is 2.65. The Hall–Kier alpha value is -3.63. The van der Waals surface area contributed by atoms with Gasteiger partial charge < -0.3 is 9.47 Å². The van der Waals surface area contributed by atoms with E-state index in [1.807, 2.05) is 6.92 Å². The molecule has 0 N–H and O–H groups in total. The topological polar surface area (TPSA) is 82.4 Å². The molecule has 3 aromatic rings. The Kier molecular flexibility index (Phi) is 5.49. The van der Waals surface area contributed by atoms with E-state index >= 15 is 0 Å². The van der Waals surface area contributed by atoms with E-state index in [-0.39, 0.29) is 24.1 Å². The van der Waals surface area contributed by atoms with Gasteiger partial charge in [0, 0.05) is 30.6 Å². The van der Waals surface area contributed by atoms with Gasteiger partial charge in [0.1, 0.15) is 0 Å². The molecular formula is C21H20F3N5O3. The lowest BCUT2D eigenvalue weighted by atomic mass is 10.1. The number of nitrogens with zero attached hydrogens (tertiary/aromatic N) is 5. The third kappa shape index (κ3) is 4.10. The monoisotopic (exact) mass is 447 g/mol. The average molecular weight is 447 g/mol. The minimum absolute atomic E-state index is 0.0660. The van der Waals surface area contributed by atoms with Gasteiger partial charge >= 0.3 is 6.18 Å². The second kappa shape index (κ2) is 8.13. The van der Waals surface area contributed by atoms with E-state index in [0.717, 1.165) is 0 Å². The second-order valence-corrected chi connectivity index (χ2v) is 7.20. The lowest BCUT2D eigenvalue weighted by Crippen LogP contribution is -2.24. The Balaban J connectivity index is 1.67. The van der Waals surface area contributed by atoms with Crippen LogP contribution in [0.25, 0.3) is 11.3 Å². The summed E-state index contributed by atoms with van der Waals surface area (Å²) in [4.78, 5) is 23.1. The van der Waals surface area contributed by atoms with E-state index in [0.29, 0.717) is 40.4 Å². The van der Waals surface area contributed by atoms with E-state index in [9.17, 15) is 18.0 Å². The van der Waals surface area contributed by atoms with Gasteiger partial charge in [-0.15, -0.1) is 0 Å². The molecule has 8 nitrogen and oxygen atoms in total. The maximum Gasteiger partial charge on any atom is 0.422 e. The molecule has 4 heterocycles. The number of rotatable bonds is 6. The maximum atomic E-state index is 13.0. The van der Waals surface area contributed by atoms with Crippen molar-refractivity contribution in [3.8, 4) is 22.9 Å². The zero-order chi connectivity index (χ0) is 23.0. The third-order valence-electron chi connectivity index (χ3n) is 4.98. The molecule has 0 fully saturated rings. The quantitative estimate of drug-likeness (QED) is 0.572. The highest BCUT2D eigenvalue weighted by molar-refractivity contribution is 6.10. The Morgan fingerprint density at radius 3 is 2.69 bits per heavy atom. The van der Waals surface area contributed by atoms with Crippen LogP contribution in [-0.2, 0) is 13.1 Å². The van der Waals surface area contributed by atoms with Gasteiger partial charge in [-0.25, -0.2) is 4.98 Å². The number of ether oxygens (including phenoxy) is 2. The molecule has 1 amide bonds. The van der Waals surface area contributed by atoms with E-state index in [1.165, 1.54) is 19.4 Å². The summed E-state index contributed by atoms with van der Waals surface area (Å²) in [6, 6.07) is 4.85. The number of methoxy groups -OCH3 is 1. The number of fused-ring (bicyclic) bond motifs is 1. The number of pyridine rings is 2. The largest absolute Gasteiger partial charge is 0.478 e. The van der Waals surface area contributed by atoms with Gasteiger partial charge in [0.05, 0.1) is 30.6 Å². The number of aryl methyl sites for hydroxylation is 2. The summed E-state index contributed by atoms with van der Waals surface area (Å²) >= 11 is 0. The molecule has 1 aliphatic heterocycles. The minimum atomic E-state index is -4.50. The summed E-state index contributed by atoms with van der Waals surface area (Å²) in [5, 5.41) is 4.39. The molecule has 11 heteroatoms. The van der Waals surface area contributed by atoms with Crippen LogP contribution in [0.1, 0.15) is 28.5 Å². The van der Waals surface area contributed by atoms with Gasteiger partial charge in [-0.2, -0.15) is 18.3 Å². The average Bonchev–Trinajstić information content (AvgIpc) is 3.36. The fraction of sp³-hybridized carbons (Fsp3) is 0.333. The molecule has 0 spiro atoms. The molecular weight excluding hydrogens is 427 g/mol. The minimum Gasteiger partial charge on any atom is -0.478 e.